The molecule has 1 aliphatic carbocycles. The molecule has 0 spiro atoms. The summed E-state index contributed by atoms with van der Waals surface area (Å²) in [4.78, 5) is 27.8. The van der Waals surface area contributed by atoms with E-state index in [9.17, 15) is 9.59 Å². The van der Waals surface area contributed by atoms with Crippen LogP contribution < -0.4 is 10.1 Å². The molecule has 2 fully saturated rings. The minimum atomic E-state index is -0.0756. The number of benzene rings is 1. The van der Waals surface area contributed by atoms with E-state index in [0.29, 0.717) is 25.4 Å². The van der Waals surface area contributed by atoms with Crippen LogP contribution in [0, 0.1) is 0 Å². The Bertz CT molecular complexity index is 902. The number of carbonyl (C=O) groups is 2. The van der Waals surface area contributed by atoms with Gasteiger partial charge in [-0.2, -0.15) is 0 Å². The smallest absolute Gasteiger partial charge is 0.220 e. The zero-order chi connectivity index (χ0) is 23.8. The largest absolute Gasteiger partial charge is 0.494 e. The van der Waals surface area contributed by atoms with Crippen molar-refractivity contribution in [3.05, 3.63) is 53.3 Å². The lowest BCUT2D eigenvalue weighted by Gasteiger charge is -2.31. The molecule has 0 aromatic heterocycles. The van der Waals surface area contributed by atoms with Crippen LogP contribution in [0.5, 0.6) is 5.75 Å². The van der Waals surface area contributed by atoms with E-state index >= 15 is 0 Å². The van der Waals surface area contributed by atoms with Gasteiger partial charge in [0, 0.05) is 37.4 Å². The van der Waals surface area contributed by atoms with Gasteiger partial charge in [0.2, 0.25) is 5.91 Å². The molecule has 1 aromatic rings. The highest BCUT2D eigenvalue weighted by Crippen LogP contribution is 2.28. The molecule has 0 bridgehead atoms. The van der Waals surface area contributed by atoms with Gasteiger partial charge in [-0.3, -0.25) is 9.59 Å². The number of ether oxygens (including phenoxy) is 3. The second-order valence-corrected chi connectivity index (χ2v) is 9.16. The van der Waals surface area contributed by atoms with Gasteiger partial charge >= 0.3 is 0 Å². The van der Waals surface area contributed by atoms with Crippen LogP contribution in [-0.2, 0) is 14.3 Å². The van der Waals surface area contributed by atoms with Crippen molar-refractivity contribution in [1.29, 1.82) is 0 Å². The molecule has 184 valence electrons. The third-order valence-corrected chi connectivity index (χ3v) is 6.54. The Morgan fingerprint density at radius 2 is 1.91 bits per heavy atom. The lowest BCUT2D eigenvalue weighted by atomic mass is 9.94. The monoisotopic (exact) mass is 468 g/mol. The van der Waals surface area contributed by atoms with Crippen molar-refractivity contribution in [3.8, 4) is 5.75 Å². The first-order valence-corrected chi connectivity index (χ1v) is 12.5. The van der Waals surface area contributed by atoms with Crippen molar-refractivity contribution >= 4 is 11.7 Å². The van der Waals surface area contributed by atoms with Gasteiger partial charge in [-0.1, -0.05) is 11.6 Å². The maximum Gasteiger partial charge on any atom is 0.220 e. The lowest BCUT2D eigenvalue weighted by Crippen LogP contribution is -2.43. The van der Waals surface area contributed by atoms with E-state index in [2.05, 4.69) is 16.3 Å². The Morgan fingerprint density at radius 1 is 1.12 bits per heavy atom. The van der Waals surface area contributed by atoms with Gasteiger partial charge in [0.05, 0.1) is 13.2 Å². The molecular weight excluding hydrogens is 432 g/mol. The van der Waals surface area contributed by atoms with Crippen LogP contribution in [0.3, 0.4) is 0 Å². The maximum absolute atomic E-state index is 12.8. The first kappa shape index (κ1) is 24.5. The molecule has 1 N–H and O–H groups in total. The predicted octanol–water partition coefficient (Wildman–Crippen LogP) is 3.65. The molecule has 0 radical (unpaired) electrons. The number of allylic oxidation sites excluding steroid dienone is 2. The first-order chi connectivity index (χ1) is 16.6. The second-order valence-electron chi connectivity index (χ2n) is 9.16. The number of hydrogen-bond acceptors (Lipinski definition) is 6. The summed E-state index contributed by atoms with van der Waals surface area (Å²) in [5.41, 5.74) is 1.86. The summed E-state index contributed by atoms with van der Waals surface area (Å²) in [5.74, 6) is 1.54. The number of carbonyl (C=O) groups excluding carboxylic acids is 2. The van der Waals surface area contributed by atoms with Crippen LogP contribution in [-0.4, -0.2) is 68.2 Å². The molecule has 2 heterocycles. The van der Waals surface area contributed by atoms with E-state index in [-0.39, 0.29) is 36.7 Å². The van der Waals surface area contributed by atoms with Crippen LogP contribution in [0.2, 0.25) is 0 Å². The van der Waals surface area contributed by atoms with Crippen LogP contribution in [0.1, 0.15) is 55.8 Å². The summed E-state index contributed by atoms with van der Waals surface area (Å²) in [6.07, 6.45) is 8.48. The lowest BCUT2D eigenvalue weighted by molar-refractivity contribution is -0.121. The topological polar surface area (TPSA) is 77.1 Å². The Kier molecular flexibility index (Phi) is 8.77. The average Bonchev–Trinajstić information content (AvgIpc) is 3.36. The molecule has 2 aliphatic heterocycles. The molecule has 1 amide bonds. The summed E-state index contributed by atoms with van der Waals surface area (Å²) in [7, 11) is 0. The van der Waals surface area contributed by atoms with Crippen molar-refractivity contribution < 1.29 is 23.8 Å². The highest BCUT2D eigenvalue weighted by molar-refractivity contribution is 5.98. The SMILES string of the molecule is CCOc1ccc(C(=O)CCC(=O)N[C@@H](CC2=CC=C3OCCOC3C2)CN2CCCC2)cc1. The average molecular weight is 469 g/mol. The van der Waals surface area contributed by atoms with Crippen LogP contribution in [0.25, 0.3) is 0 Å². The molecule has 2 atom stereocenters. The number of Topliss-reactive ketones (excluding diaryl/α,β-unsaturated/α-hetero) is 1. The number of nitrogens with one attached hydrogen (secondary N) is 1. The van der Waals surface area contributed by atoms with E-state index in [0.717, 1.165) is 44.0 Å². The zero-order valence-corrected chi connectivity index (χ0v) is 20.1. The minimum Gasteiger partial charge on any atom is -0.494 e. The number of nitrogens with zero attached hydrogens (tertiary/aromatic N) is 1. The van der Waals surface area contributed by atoms with E-state index in [1.807, 2.05) is 13.0 Å². The van der Waals surface area contributed by atoms with Crippen molar-refractivity contribution in [2.45, 2.75) is 57.6 Å². The van der Waals surface area contributed by atoms with Gasteiger partial charge in [-0.05, 0) is 69.6 Å². The Labute approximate surface area is 202 Å². The summed E-state index contributed by atoms with van der Waals surface area (Å²) in [6.45, 7) is 6.71. The number of ketones is 1. The third-order valence-electron chi connectivity index (χ3n) is 6.54. The van der Waals surface area contributed by atoms with Gasteiger partial charge < -0.3 is 24.4 Å². The molecule has 7 nitrogen and oxygen atoms in total. The van der Waals surface area contributed by atoms with E-state index < -0.39 is 0 Å². The molecule has 4 rings (SSSR count). The number of hydrogen-bond donors (Lipinski definition) is 1. The molecule has 1 unspecified atom stereocenters. The highest BCUT2D eigenvalue weighted by Gasteiger charge is 2.27. The first-order valence-electron chi connectivity index (χ1n) is 12.5. The molecule has 0 saturated carbocycles. The fraction of sp³-hybridized carbons (Fsp3) is 0.556. The van der Waals surface area contributed by atoms with Gasteiger partial charge in [0.1, 0.15) is 24.2 Å². The molecule has 1 aromatic carbocycles. The van der Waals surface area contributed by atoms with Crippen molar-refractivity contribution in [3.63, 3.8) is 0 Å². The van der Waals surface area contributed by atoms with E-state index in [1.165, 1.54) is 18.4 Å². The Hall–Kier alpha value is -2.64. The molecule has 3 aliphatic rings. The predicted molar refractivity (Wildman–Crippen MR) is 130 cm³/mol. The van der Waals surface area contributed by atoms with Crippen LogP contribution >= 0.6 is 0 Å². The van der Waals surface area contributed by atoms with Gasteiger partial charge in [0.15, 0.2) is 5.78 Å². The zero-order valence-electron chi connectivity index (χ0n) is 20.1. The van der Waals surface area contributed by atoms with Crippen LogP contribution in [0.4, 0.5) is 0 Å². The number of amides is 1. The Morgan fingerprint density at radius 3 is 2.68 bits per heavy atom. The fourth-order valence-electron chi connectivity index (χ4n) is 4.83. The third kappa shape index (κ3) is 6.93. The van der Waals surface area contributed by atoms with Gasteiger partial charge in [-0.25, -0.2) is 0 Å². The number of likely N-dealkylation sites (tertiary alicyclic amines) is 1. The van der Waals surface area contributed by atoms with Crippen molar-refractivity contribution in [2.75, 3.05) is 39.5 Å². The summed E-state index contributed by atoms with van der Waals surface area (Å²) < 4.78 is 17.0. The number of fused-ring (bicyclic) bond motifs is 1. The van der Waals surface area contributed by atoms with E-state index in [4.69, 9.17) is 14.2 Å². The normalized spacial score (nSPS) is 21.0. The molecule has 7 heteroatoms. The summed E-state index contributed by atoms with van der Waals surface area (Å²) >= 11 is 0. The summed E-state index contributed by atoms with van der Waals surface area (Å²) in [6, 6.07) is 7.12. The van der Waals surface area contributed by atoms with E-state index in [1.54, 1.807) is 24.3 Å². The van der Waals surface area contributed by atoms with Crippen molar-refractivity contribution in [1.82, 2.24) is 10.2 Å². The maximum atomic E-state index is 12.8. The standard InChI is InChI=1S/C27H36N2O5/c1-2-32-23-8-6-21(7-9-23)24(30)10-12-27(31)28-22(19-29-13-3-4-14-29)17-20-5-11-25-26(18-20)34-16-15-33-25/h5-9,11,22,26H,2-4,10,12-19H2,1H3,(H,28,31)/t22-,26?/m0/s1. The van der Waals surface area contributed by atoms with Gasteiger partial charge in [-0.15, -0.1) is 0 Å². The van der Waals surface area contributed by atoms with Crippen molar-refractivity contribution in [2.24, 2.45) is 0 Å². The number of rotatable bonds is 11. The molecular formula is C27H36N2O5. The fourth-order valence-corrected chi connectivity index (χ4v) is 4.83. The van der Waals surface area contributed by atoms with Gasteiger partial charge in [0.25, 0.3) is 0 Å². The Balaban J connectivity index is 1.31. The minimum absolute atomic E-state index is 0.0105. The van der Waals surface area contributed by atoms with Crippen LogP contribution in [0.15, 0.2) is 47.7 Å². The quantitative estimate of drug-likeness (QED) is 0.500. The highest BCUT2D eigenvalue weighted by atomic mass is 16.6. The summed E-state index contributed by atoms with van der Waals surface area (Å²) in [5, 5.41) is 3.21. The molecule has 2 saturated heterocycles. The second kappa shape index (κ2) is 12.2. The molecule has 34 heavy (non-hydrogen) atoms.